The molecule has 114 valence electrons. The van der Waals surface area contributed by atoms with E-state index in [1.165, 1.54) is 49.1 Å². The Hall–Kier alpha value is -1.02. The highest BCUT2D eigenvalue weighted by molar-refractivity contribution is 5.27. The van der Waals surface area contributed by atoms with E-state index in [9.17, 15) is 0 Å². The lowest BCUT2D eigenvalue weighted by Gasteiger charge is -2.35. The van der Waals surface area contributed by atoms with Crippen LogP contribution < -0.4 is 4.74 Å². The summed E-state index contributed by atoms with van der Waals surface area (Å²) in [4.78, 5) is 0. The summed E-state index contributed by atoms with van der Waals surface area (Å²) in [7, 11) is 0. The molecule has 1 rings (SSSR count). The van der Waals surface area contributed by atoms with Crippen LogP contribution in [0.2, 0.25) is 0 Å². The Bertz CT molecular complexity index is 363. The van der Waals surface area contributed by atoms with E-state index in [2.05, 4.69) is 45.9 Å². The van der Waals surface area contributed by atoms with Gasteiger partial charge in [0.05, 0.1) is 32.8 Å². The number of nitrogens with zero attached hydrogens (tertiary/aromatic N) is 1. The third-order valence-electron chi connectivity index (χ3n) is 4.55. The number of ether oxygens (including phenoxy) is 1. The molecule has 0 unspecified atom stereocenters. The van der Waals surface area contributed by atoms with Crippen LogP contribution in [0.3, 0.4) is 0 Å². The molecule has 0 saturated heterocycles. The fourth-order valence-electron chi connectivity index (χ4n) is 2.77. The highest BCUT2D eigenvalue weighted by atomic mass is 16.5. The standard InChI is InChI=1S/C18H32NO/c1-5-19(6-2,7-3)14-9-8-10-15-20-18-13-11-12-17(4)16-18/h11-13,16H,5-10,14-15H2,1-4H3/q+1. The molecule has 0 saturated carbocycles. The topological polar surface area (TPSA) is 9.23 Å². The van der Waals surface area contributed by atoms with Crippen molar-refractivity contribution in [3.63, 3.8) is 0 Å². The predicted molar refractivity (Wildman–Crippen MR) is 87.3 cm³/mol. The molecule has 0 spiro atoms. The average Bonchev–Trinajstić information content (AvgIpc) is 2.47. The molecule has 0 radical (unpaired) electrons. The summed E-state index contributed by atoms with van der Waals surface area (Å²) >= 11 is 0. The first-order chi connectivity index (χ1) is 9.65. The van der Waals surface area contributed by atoms with Gasteiger partial charge in [-0.25, -0.2) is 0 Å². The smallest absolute Gasteiger partial charge is 0.119 e. The molecular weight excluding hydrogens is 246 g/mol. The van der Waals surface area contributed by atoms with Crippen LogP contribution in [-0.4, -0.2) is 37.3 Å². The fourth-order valence-corrected chi connectivity index (χ4v) is 2.77. The van der Waals surface area contributed by atoms with Gasteiger partial charge in [0, 0.05) is 0 Å². The normalized spacial score (nSPS) is 11.6. The van der Waals surface area contributed by atoms with Crippen molar-refractivity contribution >= 4 is 0 Å². The minimum atomic E-state index is 0.841. The van der Waals surface area contributed by atoms with Gasteiger partial charge < -0.3 is 9.22 Å². The van der Waals surface area contributed by atoms with Crippen LogP contribution >= 0.6 is 0 Å². The second-order valence-electron chi connectivity index (χ2n) is 5.74. The summed E-state index contributed by atoms with van der Waals surface area (Å²) < 4.78 is 7.06. The van der Waals surface area contributed by atoms with Crippen LogP contribution in [0.1, 0.15) is 45.6 Å². The SMILES string of the molecule is CC[N+](CC)(CC)CCCCCOc1cccc(C)c1. The van der Waals surface area contributed by atoms with Crippen molar-refractivity contribution in [3.8, 4) is 5.75 Å². The third kappa shape index (κ3) is 5.54. The molecule has 0 aliphatic carbocycles. The summed E-state index contributed by atoms with van der Waals surface area (Å²) in [5, 5.41) is 0. The minimum absolute atomic E-state index is 0.841. The first-order valence-corrected chi connectivity index (χ1v) is 8.20. The molecule has 0 aromatic heterocycles. The largest absolute Gasteiger partial charge is 0.494 e. The van der Waals surface area contributed by atoms with Crippen LogP contribution in [0.5, 0.6) is 5.75 Å². The van der Waals surface area contributed by atoms with Crippen LogP contribution in [0, 0.1) is 6.92 Å². The number of benzene rings is 1. The number of hydrogen-bond donors (Lipinski definition) is 0. The Morgan fingerprint density at radius 2 is 1.65 bits per heavy atom. The Kier molecular flexibility index (Phi) is 7.68. The van der Waals surface area contributed by atoms with E-state index >= 15 is 0 Å². The lowest BCUT2D eigenvalue weighted by Crippen LogP contribution is -2.48. The van der Waals surface area contributed by atoms with Crippen molar-refractivity contribution in [1.82, 2.24) is 0 Å². The summed E-state index contributed by atoms with van der Waals surface area (Å²) in [6.45, 7) is 15.0. The summed E-state index contributed by atoms with van der Waals surface area (Å²) in [5.41, 5.74) is 1.26. The molecule has 0 atom stereocenters. The molecule has 0 amide bonds. The first kappa shape index (κ1) is 17.0. The molecule has 2 nitrogen and oxygen atoms in total. The van der Waals surface area contributed by atoms with Crippen LogP contribution in [0.15, 0.2) is 24.3 Å². The first-order valence-electron chi connectivity index (χ1n) is 8.20. The second-order valence-corrected chi connectivity index (χ2v) is 5.74. The van der Waals surface area contributed by atoms with Crippen molar-refractivity contribution in [3.05, 3.63) is 29.8 Å². The van der Waals surface area contributed by atoms with Gasteiger partial charge in [0.1, 0.15) is 5.75 Å². The van der Waals surface area contributed by atoms with E-state index in [1.54, 1.807) is 0 Å². The molecular formula is C18H32NO+. The quantitative estimate of drug-likeness (QED) is 0.455. The zero-order chi connectivity index (χ0) is 14.8. The number of hydrogen-bond acceptors (Lipinski definition) is 1. The maximum atomic E-state index is 5.79. The van der Waals surface area contributed by atoms with Crippen LogP contribution in [0.25, 0.3) is 0 Å². The summed E-state index contributed by atoms with van der Waals surface area (Å²) in [5.74, 6) is 1.01. The molecule has 0 bridgehead atoms. The van der Waals surface area contributed by atoms with Crippen molar-refractivity contribution in [1.29, 1.82) is 0 Å². The molecule has 0 N–H and O–H groups in total. The number of rotatable bonds is 10. The Balaban J connectivity index is 2.16. The molecule has 1 aromatic carbocycles. The van der Waals surface area contributed by atoms with Crippen molar-refractivity contribution in [2.75, 3.05) is 32.8 Å². The summed E-state index contributed by atoms with van der Waals surface area (Å²) in [6.07, 6.45) is 3.74. The van der Waals surface area contributed by atoms with Gasteiger partial charge in [-0.05, 0) is 64.7 Å². The lowest BCUT2D eigenvalue weighted by molar-refractivity contribution is -0.923. The van der Waals surface area contributed by atoms with E-state index in [4.69, 9.17) is 4.74 Å². The van der Waals surface area contributed by atoms with E-state index in [0.29, 0.717) is 0 Å². The zero-order valence-electron chi connectivity index (χ0n) is 13.8. The van der Waals surface area contributed by atoms with Gasteiger partial charge in [-0.3, -0.25) is 0 Å². The van der Waals surface area contributed by atoms with Gasteiger partial charge in [-0.2, -0.15) is 0 Å². The van der Waals surface area contributed by atoms with E-state index in [0.717, 1.165) is 18.8 Å². The lowest BCUT2D eigenvalue weighted by atomic mass is 10.2. The molecule has 1 aromatic rings. The maximum Gasteiger partial charge on any atom is 0.119 e. The Labute approximate surface area is 125 Å². The average molecular weight is 278 g/mol. The highest BCUT2D eigenvalue weighted by Gasteiger charge is 2.19. The van der Waals surface area contributed by atoms with E-state index < -0.39 is 0 Å². The van der Waals surface area contributed by atoms with Crippen molar-refractivity contribution in [2.24, 2.45) is 0 Å². The number of quaternary nitrogens is 1. The molecule has 0 heterocycles. The van der Waals surface area contributed by atoms with Gasteiger partial charge >= 0.3 is 0 Å². The number of unbranched alkanes of at least 4 members (excludes halogenated alkanes) is 2. The second kappa shape index (κ2) is 9.02. The van der Waals surface area contributed by atoms with Crippen LogP contribution in [0.4, 0.5) is 0 Å². The van der Waals surface area contributed by atoms with Gasteiger partial charge in [-0.15, -0.1) is 0 Å². The third-order valence-corrected chi connectivity index (χ3v) is 4.55. The summed E-state index contributed by atoms with van der Waals surface area (Å²) in [6, 6.07) is 8.30. The van der Waals surface area contributed by atoms with Gasteiger partial charge in [0.25, 0.3) is 0 Å². The van der Waals surface area contributed by atoms with Crippen molar-refractivity contribution in [2.45, 2.75) is 47.0 Å². The number of aryl methyl sites for hydroxylation is 1. The van der Waals surface area contributed by atoms with E-state index in [-0.39, 0.29) is 0 Å². The van der Waals surface area contributed by atoms with Gasteiger partial charge in [-0.1, -0.05) is 12.1 Å². The molecule has 2 heteroatoms. The van der Waals surface area contributed by atoms with Crippen LogP contribution in [-0.2, 0) is 0 Å². The minimum Gasteiger partial charge on any atom is -0.494 e. The van der Waals surface area contributed by atoms with Gasteiger partial charge in [0.15, 0.2) is 0 Å². The van der Waals surface area contributed by atoms with E-state index in [1.807, 2.05) is 6.07 Å². The maximum absolute atomic E-state index is 5.79. The highest BCUT2D eigenvalue weighted by Crippen LogP contribution is 2.14. The Morgan fingerprint density at radius 1 is 0.950 bits per heavy atom. The molecule has 0 aliphatic rings. The van der Waals surface area contributed by atoms with Crippen molar-refractivity contribution < 1.29 is 9.22 Å². The Morgan fingerprint density at radius 3 is 2.25 bits per heavy atom. The fraction of sp³-hybridized carbons (Fsp3) is 0.667. The molecule has 0 fully saturated rings. The zero-order valence-corrected chi connectivity index (χ0v) is 13.8. The predicted octanol–water partition coefficient (Wildman–Crippen LogP) is 4.42. The van der Waals surface area contributed by atoms with Gasteiger partial charge in [0.2, 0.25) is 0 Å². The monoisotopic (exact) mass is 278 g/mol. The molecule has 20 heavy (non-hydrogen) atoms. The molecule has 0 aliphatic heterocycles.